The zero-order chi connectivity index (χ0) is 21.7. The number of piperidine rings is 1. The molecule has 0 spiro atoms. The van der Waals surface area contributed by atoms with Crippen molar-refractivity contribution >= 4 is 17.5 Å². The number of aliphatic hydroxyl groups excluding tert-OH is 1. The molecule has 3 rings (SSSR count). The van der Waals surface area contributed by atoms with Crippen LogP contribution in [-0.2, 0) is 9.53 Å². The normalized spacial score (nSPS) is 35.0. The van der Waals surface area contributed by atoms with Crippen LogP contribution in [0, 0.1) is 11.8 Å². The smallest absolute Gasteiger partial charge is 0.227 e. The molecule has 2 heterocycles. The second-order valence-corrected chi connectivity index (χ2v) is 9.03. The van der Waals surface area contributed by atoms with E-state index >= 15 is 0 Å². The summed E-state index contributed by atoms with van der Waals surface area (Å²) in [6.45, 7) is 6.00. The number of halogens is 2. The zero-order valence-corrected chi connectivity index (χ0v) is 18.7. The van der Waals surface area contributed by atoms with Crippen molar-refractivity contribution in [3.8, 4) is 0 Å². The molecule has 1 amide bonds. The highest BCUT2D eigenvalue weighted by Gasteiger charge is 2.47. The van der Waals surface area contributed by atoms with Gasteiger partial charge in [-0.3, -0.25) is 4.79 Å². The summed E-state index contributed by atoms with van der Waals surface area (Å²) in [5.74, 6) is -0.223. The van der Waals surface area contributed by atoms with Crippen molar-refractivity contribution in [1.82, 2.24) is 15.5 Å². The monoisotopic (exact) mass is 443 g/mol. The summed E-state index contributed by atoms with van der Waals surface area (Å²) >= 11 is 5.85. The Balaban J connectivity index is 1.37. The van der Waals surface area contributed by atoms with E-state index in [1.165, 1.54) is 6.08 Å². The largest absolute Gasteiger partial charge is 0.356 e. The Labute approximate surface area is 183 Å². The molecule has 0 aromatic heterocycles. The number of nitrogens with one attached hydrogen (secondary N) is 2. The number of allylic oxidation sites excluding steroid dienone is 3. The van der Waals surface area contributed by atoms with Gasteiger partial charge in [0.25, 0.3) is 0 Å². The standard InChI is InChI=1S/C22H35ClFN3O3/c1-3-30-22(29)27-18-7-8-20(27)14(2)19(13-18)25-9-4-10-26-21(28)15-5-6-16(23)12-17(24)11-15/h5-6,12,14-15,17-20,22,25,29H,3-4,7-11,13H2,1-2H3,(H,26,28). The highest BCUT2D eigenvalue weighted by molar-refractivity contribution is 6.31. The van der Waals surface area contributed by atoms with Crippen molar-refractivity contribution in [1.29, 1.82) is 0 Å². The highest BCUT2D eigenvalue weighted by atomic mass is 35.5. The van der Waals surface area contributed by atoms with E-state index < -0.39 is 18.5 Å². The maximum Gasteiger partial charge on any atom is 0.227 e. The number of aliphatic hydroxyl groups is 1. The summed E-state index contributed by atoms with van der Waals surface area (Å²) < 4.78 is 19.2. The third-order valence-electron chi connectivity index (χ3n) is 6.64. The van der Waals surface area contributed by atoms with Crippen LogP contribution in [0.3, 0.4) is 0 Å². The lowest BCUT2D eigenvalue weighted by atomic mass is 9.87. The maximum absolute atomic E-state index is 13.8. The first kappa shape index (κ1) is 23.7. The molecule has 8 heteroatoms. The molecule has 30 heavy (non-hydrogen) atoms. The summed E-state index contributed by atoms with van der Waals surface area (Å²) in [7, 11) is 0. The Morgan fingerprint density at radius 3 is 2.97 bits per heavy atom. The summed E-state index contributed by atoms with van der Waals surface area (Å²) in [5, 5.41) is 17.2. The SMILES string of the molecule is CCOC(O)N1C2CCC1C(C)C(NCCCNC(=O)C1C=CC(Cl)=CC(F)C1)C2. The molecule has 2 fully saturated rings. The Kier molecular flexibility index (Phi) is 8.72. The fourth-order valence-corrected chi connectivity index (χ4v) is 5.28. The van der Waals surface area contributed by atoms with Crippen molar-refractivity contribution in [2.75, 3.05) is 19.7 Å². The first-order valence-electron chi connectivity index (χ1n) is 11.2. The third kappa shape index (κ3) is 5.82. The Morgan fingerprint density at radius 2 is 2.20 bits per heavy atom. The lowest BCUT2D eigenvalue weighted by molar-refractivity contribution is -0.219. The molecule has 6 nitrogen and oxygen atoms in total. The molecular weight excluding hydrogens is 409 g/mol. The number of carbonyl (C=O) groups is 1. The van der Waals surface area contributed by atoms with Gasteiger partial charge in [0.1, 0.15) is 6.17 Å². The summed E-state index contributed by atoms with van der Waals surface area (Å²) in [4.78, 5) is 14.5. The molecule has 2 saturated heterocycles. The number of hydrogen-bond acceptors (Lipinski definition) is 5. The van der Waals surface area contributed by atoms with Crippen molar-refractivity contribution < 1.29 is 19.0 Å². The molecule has 0 radical (unpaired) electrons. The predicted molar refractivity (Wildman–Crippen MR) is 116 cm³/mol. The summed E-state index contributed by atoms with van der Waals surface area (Å²) in [5.41, 5.74) is 0. The van der Waals surface area contributed by atoms with Crippen LogP contribution < -0.4 is 10.6 Å². The van der Waals surface area contributed by atoms with E-state index in [0.717, 1.165) is 32.2 Å². The molecule has 2 bridgehead atoms. The number of carbonyl (C=O) groups excluding carboxylic acids is 1. The van der Waals surface area contributed by atoms with Crippen molar-refractivity contribution in [2.24, 2.45) is 11.8 Å². The second-order valence-electron chi connectivity index (χ2n) is 8.60. The van der Waals surface area contributed by atoms with Crippen LogP contribution in [0.1, 0.15) is 46.0 Å². The van der Waals surface area contributed by atoms with Crippen LogP contribution in [0.15, 0.2) is 23.3 Å². The molecule has 3 N–H and O–H groups in total. The Hall–Kier alpha value is -0.990. The minimum atomic E-state index is -1.20. The first-order valence-corrected chi connectivity index (χ1v) is 11.6. The quantitative estimate of drug-likeness (QED) is 0.377. The van der Waals surface area contributed by atoms with Crippen LogP contribution in [0.4, 0.5) is 4.39 Å². The molecule has 1 aliphatic carbocycles. The van der Waals surface area contributed by atoms with E-state index in [1.54, 1.807) is 12.2 Å². The number of nitrogens with zero attached hydrogens (tertiary/aromatic N) is 1. The van der Waals surface area contributed by atoms with Gasteiger partial charge in [-0.2, -0.15) is 0 Å². The van der Waals surface area contributed by atoms with Gasteiger partial charge in [-0.25, -0.2) is 9.29 Å². The number of amides is 1. The van der Waals surface area contributed by atoms with Crippen LogP contribution in [0.25, 0.3) is 0 Å². The molecule has 170 valence electrons. The number of fused-ring (bicyclic) bond motifs is 2. The van der Waals surface area contributed by atoms with Gasteiger partial charge in [0.2, 0.25) is 12.3 Å². The average molecular weight is 444 g/mol. The second kappa shape index (κ2) is 11.0. The van der Waals surface area contributed by atoms with Gasteiger partial charge < -0.3 is 20.5 Å². The number of alkyl halides is 1. The first-order chi connectivity index (χ1) is 14.4. The lowest BCUT2D eigenvalue weighted by Gasteiger charge is -2.45. The molecule has 0 aromatic carbocycles. The highest BCUT2D eigenvalue weighted by Crippen LogP contribution is 2.40. The van der Waals surface area contributed by atoms with Crippen LogP contribution in [0.2, 0.25) is 0 Å². The van der Waals surface area contributed by atoms with Gasteiger partial charge in [-0.1, -0.05) is 24.6 Å². The zero-order valence-electron chi connectivity index (χ0n) is 17.9. The van der Waals surface area contributed by atoms with Crippen molar-refractivity contribution in [2.45, 2.75) is 76.7 Å². The molecule has 3 aliphatic rings. The fourth-order valence-electron chi connectivity index (χ4n) is 5.07. The van der Waals surface area contributed by atoms with E-state index in [2.05, 4.69) is 22.5 Å². The third-order valence-corrected chi connectivity index (χ3v) is 6.89. The molecule has 0 saturated carbocycles. The van der Waals surface area contributed by atoms with E-state index in [0.29, 0.717) is 42.2 Å². The van der Waals surface area contributed by atoms with Crippen LogP contribution >= 0.6 is 11.6 Å². The summed E-state index contributed by atoms with van der Waals surface area (Å²) in [6.07, 6.45) is 6.71. The molecule has 7 unspecified atom stereocenters. The van der Waals surface area contributed by atoms with Gasteiger partial charge in [0, 0.05) is 36.3 Å². The minimum absolute atomic E-state index is 0.128. The van der Waals surface area contributed by atoms with Gasteiger partial charge in [-0.05, 0) is 63.6 Å². The molecular formula is C22H35ClFN3O3. The minimum Gasteiger partial charge on any atom is -0.356 e. The van der Waals surface area contributed by atoms with E-state index in [1.807, 2.05) is 6.92 Å². The molecule has 2 aliphatic heterocycles. The Bertz CT molecular complexity index is 647. The topological polar surface area (TPSA) is 73.8 Å². The van der Waals surface area contributed by atoms with Crippen molar-refractivity contribution in [3.05, 3.63) is 23.3 Å². The molecule has 7 atom stereocenters. The van der Waals surface area contributed by atoms with Crippen molar-refractivity contribution in [3.63, 3.8) is 0 Å². The lowest BCUT2D eigenvalue weighted by Crippen LogP contribution is -2.58. The van der Waals surface area contributed by atoms with Crippen LogP contribution in [-0.4, -0.2) is 66.3 Å². The maximum atomic E-state index is 13.8. The van der Waals surface area contributed by atoms with E-state index in [-0.39, 0.29) is 12.3 Å². The average Bonchev–Trinajstić information content (AvgIpc) is 2.95. The number of hydrogen-bond donors (Lipinski definition) is 3. The van der Waals surface area contributed by atoms with E-state index in [9.17, 15) is 14.3 Å². The summed E-state index contributed by atoms with van der Waals surface area (Å²) in [6, 6.07) is 1.08. The van der Waals surface area contributed by atoms with Gasteiger partial charge in [0.15, 0.2) is 0 Å². The fraction of sp³-hybridized carbons (Fsp3) is 0.773. The van der Waals surface area contributed by atoms with Gasteiger partial charge in [-0.15, -0.1) is 0 Å². The van der Waals surface area contributed by atoms with Gasteiger partial charge in [0.05, 0.1) is 5.92 Å². The molecule has 0 aromatic rings. The number of ether oxygens (including phenoxy) is 1. The van der Waals surface area contributed by atoms with E-state index in [4.69, 9.17) is 16.3 Å². The Morgan fingerprint density at radius 1 is 1.40 bits per heavy atom. The predicted octanol–water partition coefficient (Wildman–Crippen LogP) is 2.67. The number of rotatable bonds is 9. The van der Waals surface area contributed by atoms with Gasteiger partial charge >= 0.3 is 0 Å². The van der Waals surface area contributed by atoms with Crippen LogP contribution in [0.5, 0.6) is 0 Å².